The van der Waals surface area contributed by atoms with Crippen molar-refractivity contribution < 1.29 is 0 Å². The van der Waals surface area contributed by atoms with Gasteiger partial charge in [0.05, 0.1) is 6.07 Å². The van der Waals surface area contributed by atoms with E-state index in [4.69, 9.17) is 0 Å². The van der Waals surface area contributed by atoms with E-state index in [0.717, 1.165) is 32.1 Å². The van der Waals surface area contributed by atoms with Crippen LogP contribution in [-0.2, 0) is 6.42 Å². The first-order chi connectivity index (χ1) is 14.3. The maximum atomic E-state index is 10.3. The van der Waals surface area contributed by atoms with Gasteiger partial charge < -0.3 is 0 Å². The fraction of sp³-hybridized carbons (Fsp3) is 0.519. The van der Waals surface area contributed by atoms with Crippen LogP contribution in [0.5, 0.6) is 0 Å². The van der Waals surface area contributed by atoms with Crippen molar-refractivity contribution >= 4 is 0 Å². The quantitative estimate of drug-likeness (QED) is 0.591. The average Bonchev–Trinajstić information content (AvgIpc) is 2.76. The first-order valence-corrected chi connectivity index (χ1v) is 11.6. The number of benzene rings is 2. The molecule has 0 spiro atoms. The minimum absolute atomic E-state index is 0.158. The van der Waals surface area contributed by atoms with Crippen LogP contribution in [0.4, 0.5) is 0 Å². The van der Waals surface area contributed by atoms with E-state index in [1.807, 2.05) is 0 Å². The number of nitrogens with zero attached hydrogens (tertiary/aromatic N) is 1. The predicted octanol–water partition coefficient (Wildman–Crippen LogP) is 7.13. The van der Waals surface area contributed by atoms with Gasteiger partial charge in [0, 0.05) is 6.04 Å². The molecule has 3 rings (SSSR count). The molecule has 29 heavy (non-hydrogen) atoms. The highest BCUT2D eigenvalue weighted by Gasteiger charge is 2.32. The van der Waals surface area contributed by atoms with Gasteiger partial charge >= 0.3 is 0 Å². The van der Waals surface area contributed by atoms with E-state index < -0.39 is 5.54 Å². The van der Waals surface area contributed by atoms with E-state index >= 15 is 0 Å². The van der Waals surface area contributed by atoms with Gasteiger partial charge in [0.25, 0.3) is 0 Å². The van der Waals surface area contributed by atoms with E-state index in [1.165, 1.54) is 56.1 Å². The number of hydrogen-bond acceptors (Lipinski definition) is 2. The van der Waals surface area contributed by atoms with E-state index in [2.05, 4.69) is 72.0 Å². The lowest BCUT2D eigenvalue weighted by atomic mass is 9.84. The van der Waals surface area contributed by atoms with Crippen LogP contribution in [0, 0.1) is 11.3 Å². The van der Waals surface area contributed by atoms with E-state index in [-0.39, 0.29) is 6.04 Å². The van der Waals surface area contributed by atoms with E-state index in [0.29, 0.717) is 0 Å². The van der Waals surface area contributed by atoms with Crippen LogP contribution < -0.4 is 5.32 Å². The highest BCUT2D eigenvalue weighted by molar-refractivity contribution is 5.25. The second kappa shape index (κ2) is 11.8. The molecule has 0 amide bonds. The molecule has 1 aliphatic rings. The fourth-order valence-corrected chi connectivity index (χ4v) is 4.63. The zero-order valence-corrected chi connectivity index (χ0v) is 17.8. The van der Waals surface area contributed by atoms with Crippen LogP contribution in [0.1, 0.15) is 87.8 Å². The molecule has 2 heteroatoms. The molecule has 0 bridgehead atoms. The standard InChI is InChI=1S/C27H36N2/c28-23-27(20-14-6-4-2-1-3-5-7-15-21-27)29-26(25-18-12-9-13-19-25)22-24-16-10-8-11-17-24/h8-13,16-19,26,29H,1-7,14-15,20-22H2/t26-/m1/s1. The Morgan fingerprint density at radius 2 is 1.21 bits per heavy atom. The molecule has 1 atom stereocenters. The molecule has 2 aromatic rings. The van der Waals surface area contributed by atoms with Gasteiger partial charge in [-0.1, -0.05) is 118 Å². The second-order valence-corrected chi connectivity index (χ2v) is 8.67. The molecule has 154 valence electrons. The lowest BCUT2D eigenvalue weighted by Gasteiger charge is -2.34. The molecule has 0 saturated heterocycles. The smallest absolute Gasteiger partial charge is 0.107 e. The highest BCUT2D eigenvalue weighted by Crippen LogP contribution is 2.29. The number of rotatable bonds is 5. The van der Waals surface area contributed by atoms with E-state index in [1.54, 1.807) is 0 Å². The Morgan fingerprint density at radius 3 is 1.72 bits per heavy atom. The number of nitrogens with one attached hydrogen (secondary N) is 1. The van der Waals surface area contributed by atoms with Crippen LogP contribution >= 0.6 is 0 Å². The average molecular weight is 389 g/mol. The van der Waals surface area contributed by atoms with Gasteiger partial charge in [-0.25, -0.2) is 0 Å². The largest absolute Gasteiger partial charge is 0.292 e. The number of nitriles is 1. The fourth-order valence-electron chi connectivity index (χ4n) is 4.63. The molecule has 0 heterocycles. The lowest BCUT2D eigenvalue weighted by molar-refractivity contribution is 0.293. The zero-order chi connectivity index (χ0) is 20.2. The highest BCUT2D eigenvalue weighted by atomic mass is 15.0. The molecule has 1 fully saturated rings. The van der Waals surface area contributed by atoms with Gasteiger partial charge in [-0.2, -0.15) is 5.26 Å². The maximum Gasteiger partial charge on any atom is 0.107 e. The summed E-state index contributed by atoms with van der Waals surface area (Å²) in [4.78, 5) is 0. The Labute approximate surface area is 177 Å². The summed E-state index contributed by atoms with van der Waals surface area (Å²) < 4.78 is 0. The first-order valence-electron chi connectivity index (χ1n) is 11.6. The van der Waals surface area contributed by atoms with Crippen molar-refractivity contribution in [2.45, 2.75) is 88.6 Å². The minimum Gasteiger partial charge on any atom is -0.292 e. The maximum absolute atomic E-state index is 10.3. The van der Waals surface area contributed by atoms with Gasteiger partial charge in [0.2, 0.25) is 0 Å². The molecular formula is C27H36N2. The van der Waals surface area contributed by atoms with Gasteiger partial charge in [-0.3, -0.25) is 5.32 Å². The Kier molecular flexibility index (Phi) is 8.78. The summed E-state index contributed by atoms with van der Waals surface area (Å²) in [5.41, 5.74) is 2.17. The van der Waals surface area contributed by atoms with Crippen LogP contribution in [0.15, 0.2) is 60.7 Å². The Hall–Kier alpha value is -2.11. The monoisotopic (exact) mass is 388 g/mol. The molecule has 0 aliphatic heterocycles. The second-order valence-electron chi connectivity index (χ2n) is 8.67. The molecule has 1 aliphatic carbocycles. The normalized spacial score (nSPS) is 19.3. The van der Waals surface area contributed by atoms with Crippen LogP contribution in [0.3, 0.4) is 0 Å². The van der Waals surface area contributed by atoms with Crippen molar-refractivity contribution in [1.82, 2.24) is 5.32 Å². The van der Waals surface area contributed by atoms with Crippen molar-refractivity contribution in [2.75, 3.05) is 0 Å². The van der Waals surface area contributed by atoms with Crippen molar-refractivity contribution in [1.29, 1.82) is 5.26 Å². The van der Waals surface area contributed by atoms with Crippen molar-refractivity contribution in [3.05, 3.63) is 71.8 Å². The number of hydrogen-bond donors (Lipinski definition) is 1. The molecule has 1 N–H and O–H groups in total. The minimum atomic E-state index is -0.422. The molecule has 2 nitrogen and oxygen atoms in total. The zero-order valence-electron chi connectivity index (χ0n) is 17.8. The molecule has 0 aromatic heterocycles. The van der Waals surface area contributed by atoms with Crippen LogP contribution in [0.2, 0.25) is 0 Å². The molecule has 1 saturated carbocycles. The topological polar surface area (TPSA) is 35.8 Å². The summed E-state index contributed by atoms with van der Waals surface area (Å²) in [6, 6.07) is 24.2. The van der Waals surface area contributed by atoms with Crippen molar-refractivity contribution in [2.24, 2.45) is 0 Å². The van der Waals surface area contributed by atoms with E-state index in [9.17, 15) is 5.26 Å². The molecule has 0 radical (unpaired) electrons. The summed E-state index contributed by atoms with van der Waals surface area (Å²) in [7, 11) is 0. The van der Waals surface area contributed by atoms with Crippen molar-refractivity contribution in [3.63, 3.8) is 0 Å². The molecular weight excluding hydrogens is 352 g/mol. The van der Waals surface area contributed by atoms with Gasteiger partial charge in [-0.05, 0) is 30.4 Å². The Bertz CT molecular complexity index is 720. The third kappa shape index (κ3) is 7.02. The third-order valence-electron chi connectivity index (χ3n) is 6.36. The summed E-state index contributed by atoms with van der Waals surface area (Å²) in [6.07, 6.45) is 14.3. The van der Waals surface area contributed by atoms with Gasteiger partial charge in [0.15, 0.2) is 0 Å². The first kappa shape index (κ1) is 21.6. The van der Waals surface area contributed by atoms with Crippen molar-refractivity contribution in [3.8, 4) is 6.07 Å². The summed E-state index contributed by atoms with van der Waals surface area (Å²) >= 11 is 0. The third-order valence-corrected chi connectivity index (χ3v) is 6.36. The van der Waals surface area contributed by atoms with Gasteiger partial charge in [-0.15, -0.1) is 0 Å². The van der Waals surface area contributed by atoms with Crippen LogP contribution in [-0.4, -0.2) is 5.54 Å². The SMILES string of the molecule is N#CC1(N[C@H](Cc2ccccc2)c2ccccc2)CCCCCCCCCCC1. The Balaban J connectivity index is 1.79. The Morgan fingerprint density at radius 1 is 0.724 bits per heavy atom. The summed E-state index contributed by atoms with van der Waals surface area (Å²) in [5, 5.41) is 14.2. The van der Waals surface area contributed by atoms with Gasteiger partial charge in [0.1, 0.15) is 5.54 Å². The molecule has 0 unspecified atom stereocenters. The van der Waals surface area contributed by atoms with Crippen LogP contribution in [0.25, 0.3) is 0 Å². The summed E-state index contributed by atoms with van der Waals surface area (Å²) in [5.74, 6) is 0. The predicted molar refractivity (Wildman–Crippen MR) is 122 cm³/mol. The lowest BCUT2D eigenvalue weighted by Crippen LogP contribution is -2.46. The molecule has 2 aromatic carbocycles. The summed E-state index contributed by atoms with van der Waals surface area (Å²) in [6.45, 7) is 0.